The second-order valence-electron chi connectivity index (χ2n) is 7.33. The Morgan fingerprint density at radius 1 is 1.42 bits per heavy atom. The molecule has 2 saturated heterocycles. The predicted molar refractivity (Wildman–Crippen MR) is 90.4 cm³/mol. The lowest BCUT2D eigenvalue weighted by Crippen LogP contribution is -2.39. The molecule has 0 unspecified atom stereocenters. The van der Waals surface area contributed by atoms with E-state index < -0.39 is 29.5 Å². The third-order valence-electron chi connectivity index (χ3n) is 5.22. The Bertz CT molecular complexity index is 644. The van der Waals surface area contributed by atoms with Crippen molar-refractivity contribution in [2.45, 2.75) is 45.3 Å². The van der Waals surface area contributed by atoms with Gasteiger partial charge in [0.05, 0.1) is 18.6 Å². The van der Waals surface area contributed by atoms with Crippen molar-refractivity contribution < 1.29 is 19.4 Å². The van der Waals surface area contributed by atoms with Crippen LogP contribution in [0.15, 0.2) is 35.5 Å². The predicted octanol–water partition coefficient (Wildman–Crippen LogP) is 2.55. The summed E-state index contributed by atoms with van der Waals surface area (Å²) in [6.07, 6.45) is 9.48. The normalized spacial score (nSPS) is 34.0. The van der Waals surface area contributed by atoms with E-state index in [1.165, 1.54) is 11.1 Å². The fourth-order valence-electron chi connectivity index (χ4n) is 3.97. The third-order valence-corrected chi connectivity index (χ3v) is 5.22. The van der Waals surface area contributed by atoms with Crippen LogP contribution in [0.5, 0.6) is 0 Å². The number of aliphatic carboxylic acids is 1. The Morgan fingerprint density at radius 3 is 2.83 bits per heavy atom. The van der Waals surface area contributed by atoms with Gasteiger partial charge in [0.2, 0.25) is 5.91 Å². The topological polar surface area (TPSA) is 66.8 Å². The lowest BCUT2D eigenvalue weighted by Gasteiger charge is -2.21. The molecule has 3 rings (SSSR count). The Balaban J connectivity index is 1.66. The quantitative estimate of drug-likeness (QED) is 0.760. The van der Waals surface area contributed by atoms with Crippen molar-refractivity contribution in [3.8, 4) is 0 Å². The van der Waals surface area contributed by atoms with Crippen molar-refractivity contribution in [3.05, 3.63) is 35.5 Å². The minimum absolute atomic E-state index is 0.0948. The molecule has 3 aliphatic rings. The number of rotatable bonds is 6. The molecule has 0 aromatic heterocycles. The SMILES string of the molecule is CC(C)=CCC/C(C)=C/CN1C[C@@]23C=C[C@@H](O2)[C@@H](C(=O)O)[C@@H]3C1=O. The largest absolute Gasteiger partial charge is 0.481 e. The number of likely N-dealkylation sites (tertiary alicyclic amines) is 1. The standard InChI is InChI=1S/C19H25NO4/c1-12(2)5-4-6-13(3)8-10-20-11-19-9-7-14(24-19)15(18(22)23)16(19)17(20)21/h5,7-9,14-16H,4,6,10-11H2,1-3H3,(H,22,23)/b13-8+/t14-,15-,16-,19-/m1/s1. The van der Waals surface area contributed by atoms with Crippen molar-refractivity contribution in [1.29, 1.82) is 0 Å². The second-order valence-corrected chi connectivity index (χ2v) is 7.33. The van der Waals surface area contributed by atoms with Crippen LogP contribution in [0.2, 0.25) is 0 Å². The molecule has 130 valence electrons. The van der Waals surface area contributed by atoms with Crippen molar-refractivity contribution in [2.75, 3.05) is 13.1 Å². The van der Waals surface area contributed by atoms with Gasteiger partial charge in [0.25, 0.3) is 0 Å². The van der Waals surface area contributed by atoms with Crippen LogP contribution < -0.4 is 0 Å². The Labute approximate surface area is 142 Å². The van der Waals surface area contributed by atoms with Gasteiger partial charge in [-0.2, -0.15) is 0 Å². The molecule has 1 N–H and O–H groups in total. The molecule has 1 spiro atoms. The lowest BCUT2D eigenvalue weighted by atomic mass is 9.77. The van der Waals surface area contributed by atoms with E-state index in [0.29, 0.717) is 13.1 Å². The van der Waals surface area contributed by atoms with Crippen LogP contribution >= 0.6 is 0 Å². The molecule has 2 bridgehead atoms. The van der Waals surface area contributed by atoms with Crippen molar-refractivity contribution >= 4 is 11.9 Å². The summed E-state index contributed by atoms with van der Waals surface area (Å²) in [5, 5.41) is 9.44. The first-order valence-electron chi connectivity index (χ1n) is 8.52. The van der Waals surface area contributed by atoms with Gasteiger partial charge in [-0.3, -0.25) is 9.59 Å². The number of carboxylic acids is 1. The van der Waals surface area contributed by atoms with Crippen LogP contribution in [0.3, 0.4) is 0 Å². The summed E-state index contributed by atoms with van der Waals surface area (Å²) in [5.74, 6) is -2.37. The van der Waals surface area contributed by atoms with Crippen LogP contribution in [0, 0.1) is 11.8 Å². The van der Waals surface area contributed by atoms with Crippen LogP contribution in [0.4, 0.5) is 0 Å². The molecule has 0 aromatic rings. The van der Waals surface area contributed by atoms with Crippen LogP contribution in [0.1, 0.15) is 33.6 Å². The summed E-state index contributed by atoms with van der Waals surface area (Å²) >= 11 is 0. The average molecular weight is 331 g/mol. The van der Waals surface area contributed by atoms with E-state index in [1.807, 2.05) is 6.08 Å². The van der Waals surface area contributed by atoms with Gasteiger partial charge in [-0.05, 0) is 33.6 Å². The maximum Gasteiger partial charge on any atom is 0.310 e. The highest BCUT2D eigenvalue weighted by atomic mass is 16.5. The number of carboxylic acid groups (broad SMARTS) is 1. The second kappa shape index (κ2) is 6.20. The van der Waals surface area contributed by atoms with Crippen LogP contribution in [-0.2, 0) is 14.3 Å². The Hall–Kier alpha value is -1.88. The minimum Gasteiger partial charge on any atom is -0.481 e. The molecule has 0 radical (unpaired) electrons. The number of nitrogens with zero attached hydrogens (tertiary/aromatic N) is 1. The van der Waals surface area contributed by atoms with Gasteiger partial charge in [0.15, 0.2) is 0 Å². The highest BCUT2D eigenvalue weighted by Crippen LogP contribution is 2.51. The summed E-state index contributed by atoms with van der Waals surface area (Å²) < 4.78 is 5.87. The van der Waals surface area contributed by atoms with Crippen molar-refractivity contribution in [2.24, 2.45) is 11.8 Å². The van der Waals surface area contributed by atoms with Crippen LogP contribution in [-0.4, -0.2) is 46.7 Å². The van der Waals surface area contributed by atoms with E-state index in [0.717, 1.165) is 12.8 Å². The van der Waals surface area contributed by atoms with E-state index in [-0.39, 0.29) is 5.91 Å². The van der Waals surface area contributed by atoms with Gasteiger partial charge in [-0.1, -0.05) is 35.5 Å². The lowest BCUT2D eigenvalue weighted by molar-refractivity contribution is -0.147. The first-order valence-corrected chi connectivity index (χ1v) is 8.52. The van der Waals surface area contributed by atoms with E-state index in [4.69, 9.17) is 4.74 Å². The average Bonchev–Trinajstić information content (AvgIpc) is 3.13. The number of hydrogen-bond donors (Lipinski definition) is 1. The molecule has 0 saturated carbocycles. The fourth-order valence-corrected chi connectivity index (χ4v) is 3.97. The number of carbonyl (C=O) groups is 2. The summed E-state index contributed by atoms with van der Waals surface area (Å²) in [5.41, 5.74) is 1.82. The molecule has 4 atom stereocenters. The zero-order valence-corrected chi connectivity index (χ0v) is 14.5. The molecule has 3 aliphatic heterocycles. The molecule has 5 heteroatoms. The molecule has 1 amide bonds. The zero-order valence-electron chi connectivity index (χ0n) is 14.5. The summed E-state index contributed by atoms with van der Waals surface area (Å²) in [6.45, 7) is 7.21. The van der Waals surface area contributed by atoms with E-state index in [1.54, 1.807) is 11.0 Å². The molecule has 5 nitrogen and oxygen atoms in total. The number of ether oxygens (including phenoxy) is 1. The molecule has 0 aromatic carbocycles. The highest BCUT2D eigenvalue weighted by Gasteiger charge is 2.66. The Kier molecular flexibility index (Phi) is 4.38. The van der Waals surface area contributed by atoms with Crippen molar-refractivity contribution in [3.63, 3.8) is 0 Å². The number of fused-ring (bicyclic) bond motifs is 1. The molecule has 2 fully saturated rings. The number of allylic oxidation sites excluding steroid dienone is 3. The van der Waals surface area contributed by atoms with Gasteiger partial charge >= 0.3 is 5.97 Å². The van der Waals surface area contributed by atoms with Gasteiger partial charge in [0, 0.05) is 6.54 Å². The van der Waals surface area contributed by atoms with Gasteiger partial charge in [-0.15, -0.1) is 0 Å². The van der Waals surface area contributed by atoms with Crippen LogP contribution in [0.25, 0.3) is 0 Å². The smallest absolute Gasteiger partial charge is 0.310 e. The Morgan fingerprint density at radius 2 is 2.17 bits per heavy atom. The number of amides is 1. The van der Waals surface area contributed by atoms with Gasteiger partial charge < -0.3 is 14.7 Å². The molecule has 0 aliphatic carbocycles. The third kappa shape index (κ3) is 2.81. The van der Waals surface area contributed by atoms with Crippen molar-refractivity contribution in [1.82, 2.24) is 4.90 Å². The summed E-state index contributed by atoms with van der Waals surface area (Å²) in [6, 6.07) is 0. The first kappa shape index (κ1) is 17.0. The maximum absolute atomic E-state index is 12.7. The van der Waals surface area contributed by atoms with Gasteiger partial charge in [-0.25, -0.2) is 0 Å². The number of carbonyl (C=O) groups excluding carboxylic acids is 1. The molecular weight excluding hydrogens is 306 g/mol. The maximum atomic E-state index is 12.7. The van der Waals surface area contributed by atoms with E-state index in [9.17, 15) is 14.7 Å². The fraction of sp³-hybridized carbons (Fsp3) is 0.579. The monoisotopic (exact) mass is 331 g/mol. The first-order chi connectivity index (χ1) is 11.3. The molecule has 24 heavy (non-hydrogen) atoms. The molecular formula is C19H25NO4. The zero-order chi connectivity index (χ0) is 17.5. The van der Waals surface area contributed by atoms with E-state index in [2.05, 4.69) is 32.9 Å². The number of hydrogen-bond acceptors (Lipinski definition) is 3. The molecule has 3 heterocycles. The summed E-state index contributed by atoms with van der Waals surface area (Å²) in [7, 11) is 0. The minimum atomic E-state index is -0.945. The summed E-state index contributed by atoms with van der Waals surface area (Å²) in [4.78, 5) is 26.0. The highest BCUT2D eigenvalue weighted by molar-refractivity contribution is 5.90. The van der Waals surface area contributed by atoms with Gasteiger partial charge in [0.1, 0.15) is 11.5 Å². The van der Waals surface area contributed by atoms with E-state index >= 15 is 0 Å².